The van der Waals surface area contributed by atoms with Gasteiger partial charge in [-0.05, 0) is 50.3 Å². The Hall–Kier alpha value is -7.86. The normalized spacial score (nSPS) is 15.1. The van der Waals surface area contributed by atoms with Crippen molar-refractivity contribution in [1.29, 1.82) is 0 Å². The van der Waals surface area contributed by atoms with Gasteiger partial charge >= 0.3 is 11.9 Å². The Kier molecular flexibility index (Phi) is 13.5. The van der Waals surface area contributed by atoms with Gasteiger partial charge in [0.25, 0.3) is 5.69 Å². The first-order chi connectivity index (χ1) is 33.6. The lowest BCUT2D eigenvalue weighted by Crippen LogP contribution is -2.67. The number of nitro benzene ring substituents is 1. The third-order valence-corrected chi connectivity index (χ3v) is 18.2. The highest BCUT2D eigenvalue weighted by atomic mass is 32.2. The smallest absolute Gasteiger partial charge is 0.356 e. The summed E-state index contributed by atoms with van der Waals surface area (Å²) in [4.78, 5) is 58.1. The minimum atomic E-state index is -3.49. The third-order valence-electron chi connectivity index (χ3n) is 12.1. The maximum Gasteiger partial charge on any atom is 0.356 e. The van der Waals surface area contributed by atoms with Crippen LogP contribution in [0, 0.1) is 16.0 Å². The molecule has 1 aliphatic rings. The summed E-state index contributed by atoms with van der Waals surface area (Å²) >= 11 is 1.47. The monoisotopic (exact) mass is 951 g/mol. The first-order valence-corrected chi connectivity index (χ1v) is 24.8. The fourth-order valence-corrected chi connectivity index (χ4v) is 15.5. The van der Waals surface area contributed by atoms with Crippen LogP contribution >= 0.6 is 18.6 Å². The molecule has 1 amide bonds. The molecule has 69 heavy (non-hydrogen) atoms. The Labute approximate surface area is 403 Å². The van der Waals surface area contributed by atoms with Crippen LogP contribution < -0.4 is 15.9 Å². The zero-order valence-electron chi connectivity index (χ0n) is 37.6. The van der Waals surface area contributed by atoms with Gasteiger partial charge in [-0.1, -0.05) is 187 Å². The predicted octanol–water partition coefficient (Wildman–Crippen LogP) is 8.70. The van der Waals surface area contributed by atoms with Crippen molar-refractivity contribution in [3.8, 4) is 0 Å². The van der Waals surface area contributed by atoms with Gasteiger partial charge in [0.2, 0.25) is 5.91 Å². The lowest BCUT2D eigenvalue weighted by atomic mass is 9.84. The summed E-state index contributed by atoms with van der Waals surface area (Å²) in [7, 11) is 1.69. The molecule has 0 aliphatic carbocycles. The molecule has 3 atom stereocenters. The van der Waals surface area contributed by atoms with Gasteiger partial charge in [0.05, 0.1) is 15.9 Å². The van der Waals surface area contributed by atoms with Crippen LogP contribution in [0.4, 0.5) is 5.69 Å². The number of esters is 2. The van der Waals surface area contributed by atoms with E-state index in [2.05, 4.69) is 46.7 Å². The van der Waals surface area contributed by atoms with Gasteiger partial charge in [0, 0.05) is 33.0 Å². The van der Waals surface area contributed by atoms with E-state index in [1.807, 2.05) is 146 Å². The van der Waals surface area contributed by atoms with Crippen molar-refractivity contribution >= 4 is 63.5 Å². The van der Waals surface area contributed by atoms with Gasteiger partial charge in [-0.15, -0.1) is 16.9 Å². The number of likely N-dealkylation sites (tertiary alicyclic amines) is 1. The summed E-state index contributed by atoms with van der Waals surface area (Å²) in [6, 6.07) is 64.9. The van der Waals surface area contributed by atoms with E-state index < -0.39 is 51.8 Å². The van der Waals surface area contributed by atoms with Crippen molar-refractivity contribution in [2.24, 2.45) is 13.0 Å². The number of hydrogen-bond donors (Lipinski definition) is 0. The average Bonchev–Trinajstić information content (AvgIpc) is 3.84. The van der Waals surface area contributed by atoms with E-state index in [-0.39, 0.29) is 23.4 Å². The number of rotatable bonds is 16. The van der Waals surface area contributed by atoms with Crippen molar-refractivity contribution in [2.75, 3.05) is 0 Å². The second-order valence-corrected chi connectivity index (χ2v) is 21.0. The number of amides is 1. The molecule has 7 aromatic carbocycles. The molecule has 2 heterocycles. The van der Waals surface area contributed by atoms with E-state index in [9.17, 15) is 14.9 Å². The standard InChI is InChI=1S/C55H46N5O7PS/c1-39(61)67-50(48-37-58(2)57-56-48)49-51(62)59(53(49)69-55(41-21-9-3-10-22-41,42-23-11-4-12-24-42)43-25-13-5-14-26-43)52(54(63)66-38-40-33-35-44(36-34-40)60(64)65)68(45-27-15-6-16-28-45,46-29-17-7-18-30-46)47-31-19-8-20-32-47/h3-37,49-50,53H,38H2,1-2H3. The van der Waals surface area contributed by atoms with Gasteiger partial charge in [-0.2, -0.15) is 0 Å². The zero-order valence-corrected chi connectivity index (χ0v) is 39.3. The minimum absolute atomic E-state index is 0.0931. The van der Waals surface area contributed by atoms with Crippen LogP contribution in [0.1, 0.15) is 41.0 Å². The molecule has 3 unspecified atom stereocenters. The van der Waals surface area contributed by atoms with Crippen LogP contribution in [0.5, 0.6) is 0 Å². The van der Waals surface area contributed by atoms with Crippen LogP contribution in [-0.4, -0.2) is 53.5 Å². The second kappa shape index (κ2) is 20.2. The van der Waals surface area contributed by atoms with Crippen molar-refractivity contribution in [3.63, 3.8) is 0 Å². The van der Waals surface area contributed by atoms with E-state index in [0.29, 0.717) is 5.56 Å². The lowest BCUT2D eigenvalue weighted by molar-refractivity contribution is -0.384. The number of β-lactam (4-membered cyclic amide) rings is 1. The summed E-state index contributed by atoms with van der Waals surface area (Å²) in [6.45, 7) is -2.46. The molecule has 1 saturated heterocycles. The molecular weight excluding hydrogens is 906 g/mol. The minimum Gasteiger partial charge on any atom is -0.456 e. The highest BCUT2D eigenvalue weighted by Gasteiger charge is 2.61. The number of benzene rings is 7. The summed E-state index contributed by atoms with van der Waals surface area (Å²) in [5.74, 6) is -3.02. The molecule has 0 radical (unpaired) electrons. The Morgan fingerprint density at radius 3 is 1.52 bits per heavy atom. The number of aryl methyl sites for hydroxylation is 1. The molecule has 1 fully saturated rings. The molecule has 9 rings (SSSR count). The largest absolute Gasteiger partial charge is 0.456 e. The van der Waals surface area contributed by atoms with E-state index >= 15 is 9.59 Å². The molecule has 0 N–H and O–H groups in total. The Morgan fingerprint density at radius 2 is 1.13 bits per heavy atom. The molecule has 0 spiro atoms. The highest BCUT2D eigenvalue weighted by molar-refractivity contribution is 8.01. The average molecular weight is 952 g/mol. The fourth-order valence-electron chi connectivity index (χ4n) is 9.11. The van der Waals surface area contributed by atoms with Crippen LogP contribution in [0.25, 0.3) is 0 Å². The number of aromatic nitrogens is 3. The second-order valence-electron chi connectivity index (χ2n) is 16.4. The lowest BCUT2D eigenvalue weighted by Gasteiger charge is -2.53. The van der Waals surface area contributed by atoms with Gasteiger partial charge < -0.3 is 9.47 Å². The zero-order chi connectivity index (χ0) is 48.0. The molecule has 1 aromatic heterocycles. The number of nitrogens with zero attached hydrogens (tertiary/aromatic N) is 5. The van der Waals surface area contributed by atoms with E-state index in [1.54, 1.807) is 30.3 Å². The van der Waals surface area contributed by atoms with Crippen LogP contribution in [0.3, 0.4) is 0 Å². The molecule has 14 heteroatoms. The van der Waals surface area contributed by atoms with Gasteiger partial charge in [0.15, 0.2) is 6.10 Å². The third kappa shape index (κ3) is 8.90. The Bertz CT molecular complexity index is 2950. The first kappa shape index (κ1) is 46.3. The Balaban J connectivity index is 1.38. The number of non-ortho nitro benzene ring substituents is 1. The van der Waals surface area contributed by atoms with Crippen molar-refractivity contribution in [2.45, 2.75) is 29.8 Å². The van der Waals surface area contributed by atoms with E-state index in [0.717, 1.165) is 32.6 Å². The van der Waals surface area contributed by atoms with Crippen molar-refractivity contribution in [3.05, 3.63) is 251 Å². The number of hydrogen-bond acceptors (Lipinski definition) is 10. The van der Waals surface area contributed by atoms with E-state index in [1.165, 1.54) is 35.5 Å². The quantitative estimate of drug-likeness (QED) is 0.0230. The van der Waals surface area contributed by atoms with Crippen LogP contribution in [0.15, 0.2) is 212 Å². The van der Waals surface area contributed by atoms with Crippen molar-refractivity contribution in [1.82, 2.24) is 19.9 Å². The number of carbonyl (C=O) groups is 3. The SMILES string of the molecule is CC(=O)OC(c1cn(C)nn1)C1C(=O)N(C(C(=O)OCc2ccc([N+](=O)[O-])cc2)=P(c2ccccc2)(c2ccccc2)c2ccccc2)C1SC(c1ccccc1)(c1ccccc1)c1ccccc1. The highest BCUT2D eigenvalue weighted by Crippen LogP contribution is 2.59. The topological polar surface area (TPSA) is 147 Å². The molecule has 8 aromatic rings. The predicted molar refractivity (Wildman–Crippen MR) is 269 cm³/mol. The van der Waals surface area contributed by atoms with Crippen LogP contribution in [-0.2, 0) is 42.3 Å². The van der Waals surface area contributed by atoms with Gasteiger partial charge in [0.1, 0.15) is 29.0 Å². The molecule has 0 saturated carbocycles. The van der Waals surface area contributed by atoms with Gasteiger partial charge in [-0.3, -0.25) is 29.3 Å². The molecular formula is C55H46N5O7PS. The number of ether oxygens (including phenoxy) is 2. The molecule has 344 valence electrons. The summed E-state index contributed by atoms with van der Waals surface area (Å²) in [5, 5.41) is 21.6. The van der Waals surface area contributed by atoms with Crippen LogP contribution in [0.2, 0.25) is 0 Å². The van der Waals surface area contributed by atoms with Crippen molar-refractivity contribution < 1.29 is 28.8 Å². The summed E-state index contributed by atoms with van der Waals surface area (Å²) < 4.78 is 13.0. The van der Waals surface area contributed by atoms with E-state index in [4.69, 9.17) is 9.47 Å². The first-order valence-electron chi connectivity index (χ1n) is 22.2. The maximum atomic E-state index is 16.1. The summed E-state index contributed by atoms with van der Waals surface area (Å²) in [6.07, 6.45) is 0.398. The number of thioether (sulfide) groups is 1. The number of carbonyl (C=O) groups excluding carboxylic acids is 3. The molecule has 0 bridgehead atoms. The number of nitro groups is 1. The van der Waals surface area contributed by atoms with Gasteiger partial charge in [-0.25, -0.2) is 4.79 Å². The fraction of sp³-hybridized carbons (Fsp3) is 0.127. The maximum absolute atomic E-state index is 16.1. The Morgan fingerprint density at radius 1 is 0.696 bits per heavy atom. The summed E-state index contributed by atoms with van der Waals surface area (Å²) in [5.41, 5.74) is 3.43. The molecule has 1 aliphatic heterocycles. The molecule has 12 nitrogen and oxygen atoms in total.